The van der Waals surface area contributed by atoms with Crippen molar-refractivity contribution in [3.05, 3.63) is 29.8 Å². The van der Waals surface area contributed by atoms with Gasteiger partial charge in [-0.15, -0.1) is 0 Å². The number of ether oxygens (including phenoxy) is 1. The molecule has 0 bridgehead atoms. The first-order chi connectivity index (χ1) is 12.1. The number of carbonyl (C=O) groups is 2. The zero-order valence-corrected chi connectivity index (χ0v) is 15.0. The highest BCUT2D eigenvalue weighted by atomic mass is 16.5. The van der Waals surface area contributed by atoms with E-state index in [9.17, 15) is 9.59 Å². The predicted octanol–water partition coefficient (Wildman–Crippen LogP) is 3.42. The standard InChI is InChI=1S/C20H29NO4/c1-2-3-14-25-18-10-4-15(5-11-18)12-13-21-19(22)16-6-8-17(9-7-16)20(23)24/h4-5,10-11,16-17H,2-3,6-9,12-14H2,1H3,(H,21,22)(H,23,24). The Bertz CT molecular complexity index is 547. The summed E-state index contributed by atoms with van der Waals surface area (Å²) in [6, 6.07) is 8.01. The molecule has 1 amide bonds. The number of aliphatic carboxylic acids is 1. The number of amides is 1. The average Bonchev–Trinajstić information content (AvgIpc) is 2.63. The molecule has 1 fully saturated rings. The normalized spacial score (nSPS) is 20.0. The van der Waals surface area contributed by atoms with Crippen LogP contribution >= 0.6 is 0 Å². The Morgan fingerprint density at radius 3 is 2.36 bits per heavy atom. The first kappa shape index (κ1) is 19.3. The van der Waals surface area contributed by atoms with E-state index in [0.717, 1.165) is 37.2 Å². The van der Waals surface area contributed by atoms with Crippen LogP contribution in [-0.2, 0) is 16.0 Å². The maximum atomic E-state index is 12.2. The van der Waals surface area contributed by atoms with E-state index in [-0.39, 0.29) is 17.7 Å². The van der Waals surface area contributed by atoms with Gasteiger partial charge in [-0.1, -0.05) is 25.5 Å². The second-order valence-electron chi connectivity index (χ2n) is 6.77. The largest absolute Gasteiger partial charge is 0.494 e. The van der Waals surface area contributed by atoms with Crippen LogP contribution in [0, 0.1) is 11.8 Å². The molecular weight excluding hydrogens is 318 g/mol. The summed E-state index contributed by atoms with van der Waals surface area (Å²) in [5.41, 5.74) is 1.16. The van der Waals surface area contributed by atoms with Crippen molar-refractivity contribution in [3.8, 4) is 5.75 Å². The Morgan fingerprint density at radius 1 is 1.12 bits per heavy atom. The summed E-state index contributed by atoms with van der Waals surface area (Å²) in [5, 5.41) is 12.0. The fraction of sp³-hybridized carbons (Fsp3) is 0.600. The summed E-state index contributed by atoms with van der Waals surface area (Å²) in [4.78, 5) is 23.1. The first-order valence-corrected chi connectivity index (χ1v) is 9.32. The molecular formula is C20H29NO4. The van der Waals surface area contributed by atoms with E-state index in [4.69, 9.17) is 9.84 Å². The molecule has 2 N–H and O–H groups in total. The van der Waals surface area contributed by atoms with Crippen molar-refractivity contribution >= 4 is 11.9 Å². The van der Waals surface area contributed by atoms with Crippen molar-refractivity contribution in [2.24, 2.45) is 11.8 Å². The summed E-state index contributed by atoms with van der Waals surface area (Å²) in [5.74, 6) is -0.104. The van der Waals surface area contributed by atoms with Crippen LogP contribution in [0.4, 0.5) is 0 Å². The van der Waals surface area contributed by atoms with E-state index in [0.29, 0.717) is 32.2 Å². The van der Waals surface area contributed by atoms with Crippen molar-refractivity contribution in [2.45, 2.75) is 51.9 Å². The van der Waals surface area contributed by atoms with Gasteiger partial charge in [-0.25, -0.2) is 0 Å². The lowest BCUT2D eigenvalue weighted by Gasteiger charge is -2.25. The number of carboxylic acid groups (broad SMARTS) is 1. The van der Waals surface area contributed by atoms with Crippen LogP contribution < -0.4 is 10.1 Å². The molecule has 0 aromatic heterocycles. The molecule has 0 radical (unpaired) electrons. The fourth-order valence-corrected chi connectivity index (χ4v) is 3.16. The maximum absolute atomic E-state index is 12.2. The van der Waals surface area contributed by atoms with Crippen molar-refractivity contribution in [2.75, 3.05) is 13.2 Å². The number of benzene rings is 1. The number of unbranched alkanes of at least 4 members (excludes halogenated alkanes) is 1. The zero-order chi connectivity index (χ0) is 18.1. The van der Waals surface area contributed by atoms with E-state index >= 15 is 0 Å². The molecule has 1 saturated carbocycles. The highest BCUT2D eigenvalue weighted by Crippen LogP contribution is 2.29. The third kappa shape index (κ3) is 6.40. The Hall–Kier alpha value is -2.04. The second kappa shape index (κ2) is 10.1. The predicted molar refractivity (Wildman–Crippen MR) is 96.6 cm³/mol. The second-order valence-corrected chi connectivity index (χ2v) is 6.77. The third-order valence-electron chi connectivity index (χ3n) is 4.85. The van der Waals surface area contributed by atoms with Crippen molar-refractivity contribution in [1.82, 2.24) is 5.32 Å². The molecule has 0 atom stereocenters. The Labute approximate surface area is 149 Å². The van der Waals surface area contributed by atoms with Crippen LogP contribution in [0.15, 0.2) is 24.3 Å². The van der Waals surface area contributed by atoms with Crippen molar-refractivity contribution in [3.63, 3.8) is 0 Å². The van der Waals surface area contributed by atoms with Crippen LogP contribution in [-0.4, -0.2) is 30.1 Å². The smallest absolute Gasteiger partial charge is 0.306 e. The van der Waals surface area contributed by atoms with Gasteiger partial charge < -0.3 is 15.2 Å². The minimum atomic E-state index is -0.735. The van der Waals surface area contributed by atoms with E-state index in [1.54, 1.807) is 0 Å². The minimum Gasteiger partial charge on any atom is -0.494 e. The van der Waals surface area contributed by atoms with Gasteiger partial charge in [0.05, 0.1) is 12.5 Å². The maximum Gasteiger partial charge on any atom is 0.306 e. The average molecular weight is 347 g/mol. The van der Waals surface area contributed by atoms with Gasteiger partial charge in [-0.2, -0.15) is 0 Å². The van der Waals surface area contributed by atoms with Gasteiger partial charge in [0.25, 0.3) is 0 Å². The topological polar surface area (TPSA) is 75.6 Å². The Balaban J connectivity index is 1.66. The van der Waals surface area contributed by atoms with Gasteiger partial charge in [-0.3, -0.25) is 9.59 Å². The summed E-state index contributed by atoms with van der Waals surface area (Å²) < 4.78 is 5.64. The minimum absolute atomic E-state index is 0.0371. The Kier molecular flexibility index (Phi) is 7.76. The molecule has 25 heavy (non-hydrogen) atoms. The number of carboxylic acids is 1. The van der Waals surface area contributed by atoms with E-state index in [1.807, 2.05) is 24.3 Å². The molecule has 138 valence electrons. The lowest BCUT2D eigenvalue weighted by Crippen LogP contribution is -2.35. The number of rotatable bonds is 9. The van der Waals surface area contributed by atoms with Gasteiger partial charge in [0.2, 0.25) is 5.91 Å². The highest BCUT2D eigenvalue weighted by Gasteiger charge is 2.29. The van der Waals surface area contributed by atoms with Crippen LogP contribution in [0.5, 0.6) is 5.75 Å². The summed E-state index contributed by atoms with van der Waals surface area (Å²) in [6.07, 6.45) is 5.52. The molecule has 5 heteroatoms. The molecule has 5 nitrogen and oxygen atoms in total. The molecule has 2 rings (SSSR count). The monoisotopic (exact) mass is 347 g/mol. The third-order valence-corrected chi connectivity index (χ3v) is 4.85. The van der Waals surface area contributed by atoms with Gasteiger partial charge in [-0.05, 0) is 56.2 Å². The molecule has 0 spiro atoms. The molecule has 0 heterocycles. The van der Waals surface area contributed by atoms with Gasteiger partial charge in [0.1, 0.15) is 5.75 Å². The molecule has 1 aliphatic carbocycles. The lowest BCUT2D eigenvalue weighted by molar-refractivity contribution is -0.144. The van der Waals surface area contributed by atoms with Crippen molar-refractivity contribution in [1.29, 1.82) is 0 Å². The van der Waals surface area contributed by atoms with Crippen LogP contribution in [0.1, 0.15) is 51.0 Å². The van der Waals surface area contributed by atoms with Crippen LogP contribution in [0.25, 0.3) is 0 Å². The van der Waals surface area contributed by atoms with Crippen LogP contribution in [0.2, 0.25) is 0 Å². The molecule has 0 aliphatic heterocycles. The van der Waals surface area contributed by atoms with Crippen molar-refractivity contribution < 1.29 is 19.4 Å². The lowest BCUT2D eigenvalue weighted by atomic mass is 9.81. The molecule has 1 aromatic rings. The summed E-state index contributed by atoms with van der Waals surface area (Å²) in [7, 11) is 0. The molecule has 0 saturated heterocycles. The number of nitrogens with one attached hydrogen (secondary N) is 1. The SMILES string of the molecule is CCCCOc1ccc(CCNC(=O)C2CCC(C(=O)O)CC2)cc1. The zero-order valence-electron chi connectivity index (χ0n) is 15.0. The number of hydrogen-bond donors (Lipinski definition) is 2. The van der Waals surface area contributed by atoms with Gasteiger partial charge in [0.15, 0.2) is 0 Å². The van der Waals surface area contributed by atoms with E-state index < -0.39 is 5.97 Å². The van der Waals surface area contributed by atoms with Crippen LogP contribution in [0.3, 0.4) is 0 Å². The van der Waals surface area contributed by atoms with Gasteiger partial charge >= 0.3 is 5.97 Å². The molecule has 0 unspecified atom stereocenters. The molecule has 1 aromatic carbocycles. The molecule has 1 aliphatic rings. The highest BCUT2D eigenvalue weighted by molar-refractivity contribution is 5.79. The summed E-state index contributed by atoms with van der Waals surface area (Å²) >= 11 is 0. The number of carbonyl (C=O) groups excluding carboxylic acids is 1. The fourth-order valence-electron chi connectivity index (χ4n) is 3.16. The quantitative estimate of drug-likeness (QED) is 0.671. The van der Waals surface area contributed by atoms with E-state index in [1.165, 1.54) is 0 Å². The summed E-state index contributed by atoms with van der Waals surface area (Å²) in [6.45, 7) is 3.49. The van der Waals surface area contributed by atoms with Gasteiger partial charge in [0, 0.05) is 12.5 Å². The Morgan fingerprint density at radius 2 is 1.76 bits per heavy atom. The van der Waals surface area contributed by atoms with E-state index in [2.05, 4.69) is 12.2 Å². The first-order valence-electron chi connectivity index (χ1n) is 9.32. The number of hydrogen-bond acceptors (Lipinski definition) is 3.